The second-order valence-corrected chi connectivity index (χ2v) is 7.28. The molecule has 0 atom stereocenters. The molecular formula is C18H22Cl2N2O4. The summed E-state index contributed by atoms with van der Waals surface area (Å²) in [4.78, 5) is 27.7. The molecule has 2 aliphatic heterocycles. The molecule has 0 aliphatic carbocycles. The minimum atomic E-state index is -0.0898. The van der Waals surface area contributed by atoms with Gasteiger partial charge in [-0.3, -0.25) is 9.59 Å². The summed E-state index contributed by atoms with van der Waals surface area (Å²) in [7, 11) is 0. The van der Waals surface area contributed by atoms with E-state index in [2.05, 4.69) is 0 Å². The van der Waals surface area contributed by atoms with Crippen molar-refractivity contribution in [3.05, 3.63) is 22.2 Å². The largest absolute Gasteiger partial charge is 0.482 e. The molecule has 0 N–H and O–H groups in total. The number of carbonyl (C=O) groups excluding carboxylic acids is 2. The summed E-state index contributed by atoms with van der Waals surface area (Å²) in [5.41, 5.74) is 0. The number of amides is 2. The number of hydrogen-bond donors (Lipinski definition) is 0. The Bertz CT molecular complexity index is 618. The van der Waals surface area contributed by atoms with Crippen LogP contribution in [0.15, 0.2) is 12.1 Å². The van der Waals surface area contributed by atoms with Crippen LogP contribution < -0.4 is 9.47 Å². The number of halogens is 2. The van der Waals surface area contributed by atoms with Crippen molar-refractivity contribution in [3.63, 3.8) is 0 Å². The van der Waals surface area contributed by atoms with Crippen LogP contribution in [0.5, 0.6) is 11.5 Å². The van der Waals surface area contributed by atoms with Gasteiger partial charge in [0.25, 0.3) is 11.8 Å². The van der Waals surface area contributed by atoms with Crippen LogP contribution in [-0.4, -0.2) is 61.0 Å². The van der Waals surface area contributed by atoms with E-state index in [1.807, 2.05) is 0 Å². The average Bonchev–Trinajstić information content (AvgIpc) is 3.33. The standard InChI is InChI=1S/C18H22Cl2N2O4/c19-13-9-14(20)16(26-12-18(24)22-7-3-4-8-22)10-15(13)25-11-17(23)21-5-1-2-6-21/h9-10H,1-8,11-12H2. The summed E-state index contributed by atoms with van der Waals surface area (Å²) in [5, 5.41) is 0.588. The van der Waals surface area contributed by atoms with Crippen LogP contribution in [0.4, 0.5) is 0 Å². The van der Waals surface area contributed by atoms with Crippen LogP contribution in [0, 0.1) is 0 Å². The van der Waals surface area contributed by atoms with E-state index in [1.165, 1.54) is 12.1 Å². The highest BCUT2D eigenvalue weighted by atomic mass is 35.5. The van der Waals surface area contributed by atoms with Crippen LogP contribution in [0.25, 0.3) is 0 Å². The van der Waals surface area contributed by atoms with E-state index in [9.17, 15) is 9.59 Å². The molecule has 0 radical (unpaired) electrons. The molecule has 2 heterocycles. The number of hydrogen-bond acceptors (Lipinski definition) is 4. The first-order valence-corrected chi connectivity index (χ1v) is 9.60. The molecule has 1 aromatic rings. The van der Waals surface area contributed by atoms with Crippen LogP contribution >= 0.6 is 23.2 Å². The number of ether oxygens (including phenoxy) is 2. The van der Waals surface area contributed by atoms with Crippen molar-refractivity contribution < 1.29 is 19.1 Å². The van der Waals surface area contributed by atoms with E-state index in [-0.39, 0.29) is 25.0 Å². The van der Waals surface area contributed by atoms with Gasteiger partial charge in [0.15, 0.2) is 13.2 Å². The van der Waals surface area contributed by atoms with Gasteiger partial charge in [-0.15, -0.1) is 0 Å². The molecular weight excluding hydrogens is 379 g/mol. The molecule has 0 spiro atoms. The third-order valence-electron chi connectivity index (χ3n) is 4.61. The predicted molar refractivity (Wildman–Crippen MR) is 99.1 cm³/mol. The zero-order chi connectivity index (χ0) is 18.5. The van der Waals surface area contributed by atoms with Crippen molar-refractivity contribution in [3.8, 4) is 11.5 Å². The van der Waals surface area contributed by atoms with Crippen LogP contribution in [0.2, 0.25) is 10.0 Å². The van der Waals surface area contributed by atoms with Crippen LogP contribution in [0.1, 0.15) is 25.7 Å². The Morgan fingerprint density at radius 2 is 1.15 bits per heavy atom. The fourth-order valence-electron chi connectivity index (χ4n) is 3.13. The van der Waals surface area contributed by atoms with E-state index < -0.39 is 0 Å². The van der Waals surface area contributed by atoms with Crippen molar-refractivity contribution in [2.24, 2.45) is 0 Å². The van der Waals surface area contributed by atoms with Crippen molar-refractivity contribution >= 4 is 35.0 Å². The van der Waals surface area contributed by atoms with Crippen molar-refractivity contribution in [1.29, 1.82) is 0 Å². The molecule has 142 valence electrons. The second-order valence-electron chi connectivity index (χ2n) is 6.47. The summed E-state index contributed by atoms with van der Waals surface area (Å²) in [6.07, 6.45) is 4.10. The maximum Gasteiger partial charge on any atom is 0.260 e. The summed E-state index contributed by atoms with van der Waals surface area (Å²) in [6, 6.07) is 3.02. The highest BCUT2D eigenvalue weighted by Gasteiger charge is 2.21. The third kappa shape index (κ3) is 4.74. The van der Waals surface area contributed by atoms with E-state index in [0.29, 0.717) is 21.5 Å². The molecule has 0 bridgehead atoms. The summed E-state index contributed by atoms with van der Waals surface area (Å²) in [6.45, 7) is 2.89. The molecule has 2 fully saturated rings. The van der Waals surface area contributed by atoms with Gasteiger partial charge in [-0.25, -0.2) is 0 Å². The topological polar surface area (TPSA) is 59.1 Å². The normalized spacial score (nSPS) is 16.8. The highest BCUT2D eigenvalue weighted by molar-refractivity contribution is 6.36. The van der Waals surface area contributed by atoms with Crippen LogP contribution in [0.3, 0.4) is 0 Å². The van der Waals surface area contributed by atoms with Crippen molar-refractivity contribution in [2.75, 3.05) is 39.4 Å². The minimum Gasteiger partial charge on any atom is -0.482 e. The van der Waals surface area contributed by atoms with E-state index in [4.69, 9.17) is 32.7 Å². The molecule has 2 saturated heterocycles. The Hall–Kier alpha value is -1.66. The van der Waals surface area contributed by atoms with Gasteiger partial charge in [0.2, 0.25) is 0 Å². The van der Waals surface area contributed by atoms with Gasteiger partial charge < -0.3 is 19.3 Å². The lowest BCUT2D eigenvalue weighted by atomic mass is 10.3. The van der Waals surface area contributed by atoms with E-state index in [0.717, 1.165) is 51.9 Å². The van der Waals surface area contributed by atoms with Gasteiger partial charge in [0.1, 0.15) is 11.5 Å². The lowest BCUT2D eigenvalue weighted by Gasteiger charge is -2.18. The van der Waals surface area contributed by atoms with Gasteiger partial charge in [-0.05, 0) is 31.7 Å². The monoisotopic (exact) mass is 400 g/mol. The number of nitrogens with zero attached hydrogens (tertiary/aromatic N) is 2. The first-order valence-electron chi connectivity index (χ1n) is 8.85. The summed E-state index contributed by atoms with van der Waals surface area (Å²) in [5.74, 6) is 0.486. The molecule has 3 rings (SSSR count). The Labute approximate surface area is 162 Å². The van der Waals surface area contributed by atoms with Crippen LogP contribution in [-0.2, 0) is 9.59 Å². The molecule has 0 saturated carbocycles. The SMILES string of the molecule is O=C(COc1cc(OCC(=O)N2CCCC2)c(Cl)cc1Cl)N1CCCC1. The fourth-order valence-corrected chi connectivity index (χ4v) is 3.62. The number of benzene rings is 1. The smallest absolute Gasteiger partial charge is 0.260 e. The minimum absolute atomic E-state index is 0.0693. The number of rotatable bonds is 6. The van der Waals surface area contributed by atoms with Gasteiger partial charge in [0.05, 0.1) is 10.0 Å². The average molecular weight is 401 g/mol. The molecule has 0 aromatic heterocycles. The Kier molecular flexibility index (Phi) is 6.48. The molecule has 2 amide bonds. The Morgan fingerprint density at radius 3 is 1.54 bits per heavy atom. The molecule has 2 aliphatic rings. The molecule has 26 heavy (non-hydrogen) atoms. The maximum atomic E-state index is 12.1. The zero-order valence-electron chi connectivity index (χ0n) is 14.5. The van der Waals surface area contributed by atoms with Crippen molar-refractivity contribution in [2.45, 2.75) is 25.7 Å². The lowest BCUT2D eigenvalue weighted by Crippen LogP contribution is -2.32. The fraction of sp³-hybridized carbons (Fsp3) is 0.556. The Morgan fingerprint density at radius 1 is 0.769 bits per heavy atom. The highest BCUT2D eigenvalue weighted by Crippen LogP contribution is 2.36. The second kappa shape index (κ2) is 8.82. The zero-order valence-corrected chi connectivity index (χ0v) is 16.0. The number of carbonyl (C=O) groups is 2. The van der Waals surface area contributed by atoms with Gasteiger partial charge in [-0.2, -0.15) is 0 Å². The first-order chi connectivity index (χ1) is 12.5. The lowest BCUT2D eigenvalue weighted by molar-refractivity contribution is -0.132. The van der Waals surface area contributed by atoms with Gasteiger partial charge in [0, 0.05) is 32.2 Å². The van der Waals surface area contributed by atoms with E-state index in [1.54, 1.807) is 9.80 Å². The predicted octanol–water partition coefficient (Wildman–Crippen LogP) is 3.00. The summed E-state index contributed by atoms with van der Waals surface area (Å²) < 4.78 is 11.1. The van der Waals surface area contributed by atoms with E-state index >= 15 is 0 Å². The summed E-state index contributed by atoms with van der Waals surface area (Å²) >= 11 is 12.3. The van der Waals surface area contributed by atoms with Gasteiger partial charge in [-0.1, -0.05) is 23.2 Å². The molecule has 0 unspecified atom stereocenters. The quantitative estimate of drug-likeness (QED) is 0.736. The molecule has 1 aromatic carbocycles. The molecule has 8 heteroatoms. The third-order valence-corrected chi connectivity index (χ3v) is 5.20. The van der Waals surface area contributed by atoms with Crippen molar-refractivity contribution in [1.82, 2.24) is 9.80 Å². The molecule has 6 nitrogen and oxygen atoms in total. The maximum absolute atomic E-state index is 12.1. The Balaban J connectivity index is 1.58. The van der Waals surface area contributed by atoms with Gasteiger partial charge >= 0.3 is 0 Å². The first kappa shape index (κ1) is 19.1. The number of likely N-dealkylation sites (tertiary alicyclic amines) is 2.